The van der Waals surface area contributed by atoms with Gasteiger partial charge in [0.25, 0.3) is 0 Å². The van der Waals surface area contributed by atoms with Gasteiger partial charge in [0.2, 0.25) is 5.91 Å². The summed E-state index contributed by atoms with van der Waals surface area (Å²) >= 11 is 0. The van der Waals surface area contributed by atoms with Crippen molar-refractivity contribution in [1.29, 1.82) is 0 Å². The minimum atomic E-state index is -0.298. The molecule has 0 radical (unpaired) electrons. The normalized spacial score (nSPS) is 18.0. The molecule has 1 amide bonds. The number of carbonyl (C=O) groups excluding carboxylic acids is 1. The molecule has 116 valence electrons. The van der Waals surface area contributed by atoms with Gasteiger partial charge in [0.1, 0.15) is 5.82 Å². The van der Waals surface area contributed by atoms with Gasteiger partial charge >= 0.3 is 0 Å². The number of hydrogen-bond acceptors (Lipinski definition) is 2. The van der Waals surface area contributed by atoms with Gasteiger partial charge in [-0.05, 0) is 49.9 Å². The number of nitrogens with one attached hydrogen (secondary N) is 2. The third-order valence-corrected chi connectivity index (χ3v) is 4.32. The molecule has 3 nitrogen and oxygen atoms in total. The van der Waals surface area contributed by atoms with Crippen LogP contribution in [0.3, 0.4) is 0 Å². The standard InChI is InChI=1S/C17H25FN2O/c1-13(14-6-4-2-3-5-7-14)19-12-17(21)20-16-10-8-15(18)9-11-16/h8-11,13-14,19H,2-7,12H2,1H3,(H,20,21)/t13-/m1/s1. The summed E-state index contributed by atoms with van der Waals surface area (Å²) in [5.74, 6) is 0.293. The summed E-state index contributed by atoms with van der Waals surface area (Å²) < 4.78 is 12.8. The topological polar surface area (TPSA) is 41.1 Å². The second-order valence-corrected chi connectivity index (χ2v) is 5.98. The van der Waals surface area contributed by atoms with Crippen molar-refractivity contribution in [2.75, 3.05) is 11.9 Å². The van der Waals surface area contributed by atoms with E-state index in [0.29, 0.717) is 24.2 Å². The number of rotatable bonds is 5. The zero-order chi connectivity index (χ0) is 15.1. The van der Waals surface area contributed by atoms with Gasteiger partial charge in [-0.2, -0.15) is 0 Å². The van der Waals surface area contributed by atoms with E-state index in [4.69, 9.17) is 0 Å². The first-order chi connectivity index (χ1) is 10.1. The predicted molar refractivity (Wildman–Crippen MR) is 83.7 cm³/mol. The predicted octanol–water partition coefficient (Wildman–Crippen LogP) is 3.71. The van der Waals surface area contributed by atoms with Crippen LogP contribution in [-0.2, 0) is 4.79 Å². The Bertz CT molecular complexity index is 439. The van der Waals surface area contributed by atoms with Crippen molar-refractivity contribution in [1.82, 2.24) is 5.32 Å². The molecule has 1 aromatic rings. The van der Waals surface area contributed by atoms with Crippen molar-refractivity contribution in [2.24, 2.45) is 5.92 Å². The lowest BCUT2D eigenvalue weighted by molar-refractivity contribution is -0.115. The molecule has 2 rings (SSSR count). The number of halogens is 1. The quantitative estimate of drug-likeness (QED) is 0.812. The molecular formula is C17H25FN2O. The lowest BCUT2D eigenvalue weighted by atomic mass is 9.93. The van der Waals surface area contributed by atoms with Crippen LogP contribution in [0.2, 0.25) is 0 Å². The fraction of sp³-hybridized carbons (Fsp3) is 0.588. The molecule has 1 saturated carbocycles. The number of anilines is 1. The lowest BCUT2D eigenvalue weighted by Gasteiger charge is -2.23. The molecule has 0 aromatic heterocycles. The van der Waals surface area contributed by atoms with E-state index in [-0.39, 0.29) is 11.7 Å². The monoisotopic (exact) mass is 292 g/mol. The molecule has 1 aliphatic carbocycles. The van der Waals surface area contributed by atoms with Crippen molar-refractivity contribution in [3.05, 3.63) is 30.1 Å². The van der Waals surface area contributed by atoms with Gasteiger partial charge in [-0.3, -0.25) is 4.79 Å². The minimum absolute atomic E-state index is 0.0814. The van der Waals surface area contributed by atoms with Gasteiger partial charge in [0, 0.05) is 11.7 Å². The summed E-state index contributed by atoms with van der Waals surface area (Å²) in [7, 11) is 0. The van der Waals surface area contributed by atoms with Crippen LogP contribution in [0.1, 0.15) is 45.4 Å². The van der Waals surface area contributed by atoms with Crippen molar-refractivity contribution >= 4 is 11.6 Å². The van der Waals surface area contributed by atoms with Crippen LogP contribution in [0.15, 0.2) is 24.3 Å². The van der Waals surface area contributed by atoms with Gasteiger partial charge in [0.05, 0.1) is 6.54 Å². The maximum Gasteiger partial charge on any atom is 0.238 e. The van der Waals surface area contributed by atoms with Crippen molar-refractivity contribution in [3.8, 4) is 0 Å². The Morgan fingerprint density at radius 2 is 1.81 bits per heavy atom. The first-order valence-corrected chi connectivity index (χ1v) is 7.94. The van der Waals surface area contributed by atoms with E-state index in [2.05, 4.69) is 17.6 Å². The van der Waals surface area contributed by atoms with Crippen LogP contribution in [0.4, 0.5) is 10.1 Å². The van der Waals surface area contributed by atoms with E-state index in [9.17, 15) is 9.18 Å². The van der Waals surface area contributed by atoms with Crippen LogP contribution in [0, 0.1) is 11.7 Å². The van der Waals surface area contributed by atoms with E-state index < -0.39 is 0 Å². The summed E-state index contributed by atoms with van der Waals surface area (Å²) in [4.78, 5) is 11.9. The van der Waals surface area contributed by atoms with E-state index in [1.165, 1.54) is 50.7 Å². The van der Waals surface area contributed by atoms with Gasteiger partial charge in [-0.15, -0.1) is 0 Å². The Morgan fingerprint density at radius 1 is 1.19 bits per heavy atom. The van der Waals surface area contributed by atoms with Gasteiger partial charge in [-0.1, -0.05) is 25.7 Å². The molecule has 0 heterocycles. The largest absolute Gasteiger partial charge is 0.325 e. The molecule has 1 fully saturated rings. The number of benzene rings is 1. The molecule has 0 bridgehead atoms. The first kappa shape index (κ1) is 16.0. The molecule has 21 heavy (non-hydrogen) atoms. The minimum Gasteiger partial charge on any atom is -0.325 e. The molecule has 1 aromatic carbocycles. The van der Waals surface area contributed by atoms with Gasteiger partial charge in [-0.25, -0.2) is 4.39 Å². The Labute approximate surface area is 126 Å². The maximum absolute atomic E-state index is 12.8. The number of hydrogen-bond donors (Lipinski definition) is 2. The molecule has 0 spiro atoms. The fourth-order valence-corrected chi connectivity index (χ4v) is 2.97. The van der Waals surface area contributed by atoms with Gasteiger partial charge < -0.3 is 10.6 Å². The molecule has 2 N–H and O–H groups in total. The summed E-state index contributed by atoms with van der Waals surface area (Å²) in [6.07, 6.45) is 7.81. The second kappa shape index (κ2) is 8.13. The summed E-state index contributed by atoms with van der Waals surface area (Å²) in [6, 6.07) is 6.19. The molecule has 0 aliphatic heterocycles. The SMILES string of the molecule is C[C@@H](NCC(=O)Nc1ccc(F)cc1)C1CCCCCC1. The van der Waals surface area contributed by atoms with E-state index in [0.717, 1.165) is 0 Å². The highest BCUT2D eigenvalue weighted by atomic mass is 19.1. The Kier molecular flexibility index (Phi) is 6.18. The zero-order valence-corrected chi connectivity index (χ0v) is 12.7. The van der Waals surface area contributed by atoms with E-state index in [1.807, 2.05) is 0 Å². The average Bonchev–Trinajstić information content (AvgIpc) is 2.76. The van der Waals surface area contributed by atoms with Crippen LogP contribution in [-0.4, -0.2) is 18.5 Å². The first-order valence-electron chi connectivity index (χ1n) is 7.94. The molecule has 0 unspecified atom stereocenters. The number of carbonyl (C=O) groups is 1. The van der Waals surface area contributed by atoms with Gasteiger partial charge in [0.15, 0.2) is 0 Å². The number of amides is 1. The second-order valence-electron chi connectivity index (χ2n) is 5.98. The summed E-state index contributed by atoms with van der Waals surface area (Å²) in [6.45, 7) is 2.47. The smallest absolute Gasteiger partial charge is 0.238 e. The highest BCUT2D eigenvalue weighted by Gasteiger charge is 2.19. The molecular weight excluding hydrogens is 267 g/mol. The van der Waals surface area contributed by atoms with E-state index >= 15 is 0 Å². The molecule has 4 heteroatoms. The Morgan fingerprint density at radius 3 is 2.43 bits per heavy atom. The third kappa shape index (κ3) is 5.46. The van der Waals surface area contributed by atoms with E-state index in [1.54, 1.807) is 12.1 Å². The van der Waals surface area contributed by atoms with Crippen LogP contribution < -0.4 is 10.6 Å². The molecule has 0 saturated heterocycles. The van der Waals surface area contributed by atoms with Crippen molar-refractivity contribution < 1.29 is 9.18 Å². The average molecular weight is 292 g/mol. The van der Waals surface area contributed by atoms with Crippen LogP contribution in [0.5, 0.6) is 0 Å². The highest BCUT2D eigenvalue weighted by Crippen LogP contribution is 2.25. The highest BCUT2D eigenvalue weighted by molar-refractivity contribution is 5.92. The van der Waals surface area contributed by atoms with Crippen LogP contribution in [0.25, 0.3) is 0 Å². The lowest BCUT2D eigenvalue weighted by Crippen LogP contribution is -2.38. The third-order valence-electron chi connectivity index (χ3n) is 4.32. The zero-order valence-electron chi connectivity index (χ0n) is 12.7. The van der Waals surface area contributed by atoms with Crippen molar-refractivity contribution in [2.45, 2.75) is 51.5 Å². The molecule has 1 aliphatic rings. The molecule has 1 atom stereocenters. The summed E-state index contributed by atoms with van der Waals surface area (Å²) in [5, 5.41) is 6.10. The Balaban J connectivity index is 1.73. The fourth-order valence-electron chi connectivity index (χ4n) is 2.97. The van der Waals surface area contributed by atoms with Crippen molar-refractivity contribution in [3.63, 3.8) is 0 Å². The summed E-state index contributed by atoms with van der Waals surface area (Å²) in [5.41, 5.74) is 0.630. The maximum atomic E-state index is 12.8. The van der Waals surface area contributed by atoms with Crippen LogP contribution >= 0.6 is 0 Å². The Hall–Kier alpha value is -1.42.